The Morgan fingerprint density at radius 1 is 1.25 bits per heavy atom. The third-order valence-corrected chi connectivity index (χ3v) is 4.77. The highest BCUT2D eigenvalue weighted by Crippen LogP contribution is 2.19. The first-order valence-corrected chi connectivity index (χ1v) is 7.74. The second-order valence-corrected chi connectivity index (χ2v) is 6.45. The van der Waals surface area contributed by atoms with Crippen molar-refractivity contribution in [3.8, 4) is 0 Å². The maximum absolute atomic E-state index is 13.4. The molecular weight excluding hydrogens is 293 g/mol. The molecule has 0 aromatic heterocycles. The fraction of sp³-hybridized carbons (Fsp3) is 0.500. The molecule has 0 radical (unpaired) electrons. The smallest absolute Gasteiger partial charge is 0.243 e. The first-order chi connectivity index (χ1) is 9.42. The summed E-state index contributed by atoms with van der Waals surface area (Å²) in [6.07, 6.45) is 1.57. The fourth-order valence-corrected chi connectivity index (χ4v) is 3.27. The molecule has 20 heavy (non-hydrogen) atoms. The Kier molecular flexibility index (Phi) is 4.66. The van der Waals surface area contributed by atoms with Gasteiger partial charge in [0.15, 0.2) is 17.5 Å². The van der Waals surface area contributed by atoms with Crippen LogP contribution in [0.2, 0.25) is 0 Å². The average molecular weight is 308 g/mol. The summed E-state index contributed by atoms with van der Waals surface area (Å²) in [6, 6.07) is 1.31. The van der Waals surface area contributed by atoms with Crippen molar-refractivity contribution >= 4 is 10.0 Å². The van der Waals surface area contributed by atoms with Crippen molar-refractivity contribution in [2.75, 3.05) is 19.6 Å². The van der Waals surface area contributed by atoms with E-state index in [0.717, 1.165) is 19.5 Å². The minimum atomic E-state index is -4.17. The van der Waals surface area contributed by atoms with Gasteiger partial charge in [-0.3, -0.25) is 0 Å². The van der Waals surface area contributed by atoms with Gasteiger partial charge in [0.25, 0.3) is 0 Å². The molecule has 1 aromatic rings. The van der Waals surface area contributed by atoms with Crippen molar-refractivity contribution in [2.45, 2.75) is 17.7 Å². The number of halogens is 3. The molecule has 0 aliphatic carbocycles. The maximum atomic E-state index is 13.4. The van der Waals surface area contributed by atoms with Crippen LogP contribution in [-0.4, -0.2) is 28.1 Å². The van der Waals surface area contributed by atoms with Crippen LogP contribution < -0.4 is 10.0 Å². The summed E-state index contributed by atoms with van der Waals surface area (Å²) in [6.45, 7) is 1.85. The molecule has 8 heteroatoms. The lowest BCUT2D eigenvalue weighted by atomic mass is 10.1. The molecule has 1 saturated heterocycles. The lowest BCUT2D eigenvalue weighted by Crippen LogP contribution is -2.27. The summed E-state index contributed by atoms with van der Waals surface area (Å²) in [7, 11) is -4.17. The zero-order valence-electron chi connectivity index (χ0n) is 10.6. The summed E-state index contributed by atoms with van der Waals surface area (Å²) in [5.74, 6) is -4.53. The van der Waals surface area contributed by atoms with Gasteiger partial charge in [0.05, 0.1) is 0 Å². The minimum Gasteiger partial charge on any atom is -0.316 e. The van der Waals surface area contributed by atoms with Crippen molar-refractivity contribution in [1.29, 1.82) is 0 Å². The number of nitrogens with one attached hydrogen (secondary N) is 2. The standard InChI is InChI=1S/C12H15F3N2O2S/c13-9-1-2-10(12(15)11(9)14)20(18,19)17-6-4-8-3-5-16-7-8/h1-2,8,16-17H,3-7H2/t8-/m0/s1. The zero-order valence-corrected chi connectivity index (χ0v) is 11.4. The van der Waals surface area contributed by atoms with Crippen molar-refractivity contribution in [1.82, 2.24) is 10.0 Å². The van der Waals surface area contributed by atoms with Gasteiger partial charge in [-0.2, -0.15) is 0 Å². The van der Waals surface area contributed by atoms with E-state index in [4.69, 9.17) is 0 Å². The quantitative estimate of drug-likeness (QED) is 0.808. The second kappa shape index (κ2) is 6.11. The lowest BCUT2D eigenvalue weighted by molar-refractivity contribution is 0.431. The van der Waals surface area contributed by atoms with Crippen molar-refractivity contribution in [2.24, 2.45) is 5.92 Å². The Hall–Kier alpha value is -1.12. The monoisotopic (exact) mass is 308 g/mol. The van der Waals surface area contributed by atoms with Gasteiger partial charge in [-0.05, 0) is 44.0 Å². The fourth-order valence-electron chi connectivity index (χ4n) is 2.15. The topological polar surface area (TPSA) is 58.2 Å². The van der Waals surface area contributed by atoms with E-state index in [2.05, 4.69) is 10.0 Å². The molecule has 0 bridgehead atoms. The van der Waals surface area contributed by atoms with Crippen LogP contribution in [0, 0.1) is 23.4 Å². The van der Waals surface area contributed by atoms with Gasteiger partial charge >= 0.3 is 0 Å². The van der Waals surface area contributed by atoms with Crippen molar-refractivity contribution in [3.63, 3.8) is 0 Å². The number of sulfonamides is 1. The molecule has 1 aliphatic heterocycles. The third kappa shape index (κ3) is 3.31. The van der Waals surface area contributed by atoms with Crippen LogP contribution in [0.5, 0.6) is 0 Å². The highest BCUT2D eigenvalue weighted by Gasteiger charge is 2.24. The number of benzene rings is 1. The highest BCUT2D eigenvalue weighted by molar-refractivity contribution is 7.89. The van der Waals surface area contributed by atoms with E-state index >= 15 is 0 Å². The van der Waals surface area contributed by atoms with Crippen LogP contribution in [0.25, 0.3) is 0 Å². The van der Waals surface area contributed by atoms with Crippen LogP contribution in [-0.2, 0) is 10.0 Å². The predicted octanol–water partition coefficient (Wildman–Crippen LogP) is 1.38. The van der Waals surface area contributed by atoms with E-state index in [0.29, 0.717) is 24.5 Å². The molecule has 1 atom stereocenters. The first kappa shape index (κ1) is 15.3. The van der Waals surface area contributed by atoms with Gasteiger partial charge in [-0.25, -0.2) is 26.3 Å². The molecular formula is C12H15F3N2O2S. The van der Waals surface area contributed by atoms with Crippen LogP contribution in [0.1, 0.15) is 12.8 Å². The molecule has 1 aromatic carbocycles. The normalized spacial score (nSPS) is 19.4. The van der Waals surface area contributed by atoms with E-state index in [9.17, 15) is 21.6 Å². The van der Waals surface area contributed by atoms with Gasteiger partial charge in [0, 0.05) is 6.54 Å². The summed E-state index contributed by atoms with van der Waals surface area (Å²) in [4.78, 5) is -0.874. The predicted molar refractivity (Wildman–Crippen MR) is 67.1 cm³/mol. The molecule has 2 rings (SSSR count). The Balaban J connectivity index is 2.04. The van der Waals surface area contributed by atoms with Gasteiger partial charge in [-0.1, -0.05) is 0 Å². The third-order valence-electron chi connectivity index (χ3n) is 3.30. The second-order valence-electron chi connectivity index (χ2n) is 4.72. The Morgan fingerprint density at radius 3 is 2.65 bits per heavy atom. The van der Waals surface area contributed by atoms with E-state index in [1.165, 1.54) is 0 Å². The Bertz CT molecular complexity index is 587. The van der Waals surface area contributed by atoms with Crippen molar-refractivity contribution in [3.05, 3.63) is 29.6 Å². The molecule has 0 spiro atoms. The number of hydrogen-bond acceptors (Lipinski definition) is 3. The molecule has 112 valence electrons. The molecule has 0 saturated carbocycles. The summed E-state index contributed by atoms with van der Waals surface area (Å²) in [5, 5.41) is 3.15. The molecule has 0 unspecified atom stereocenters. The molecule has 2 N–H and O–H groups in total. The van der Waals surface area contributed by atoms with Gasteiger partial charge < -0.3 is 5.32 Å². The number of rotatable bonds is 5. The highest BCUT2D eigenvalue weighted by atomic mass is 32.2. The molecule has 1 aliphatic rings. The Morgan fingerprint density at radius 2 is 2.00 bits per heavy atom. The summed E-state index contributed by atoms with van der Waals surface area (Å²) in [5.41, 5.74) is 0. The largest absolute Gasteiger partial charge is 0.316 e. The lowest BCUT2D eigenvalue weighted by Gasteiger charge is -2.11. The van der Waals surface area contributed by atoms with E-state index in [1.54, 1.807) is 0 Å². The van der Waals surface area contributed by atoms with Gasteiger partial charge in [0.1, 0.15) is 4.90 Å². The van der Waals surface area contributed by atoms with E-state index in [-0.39, 0.29) is 6.54 Å². The van der Waals surface area contributed by atoms with Crippen LogP contribution in [0.3, 0.4) is 0 Å². The zero-order chi connectivity index (χ0) is 14.8. The SMILES string of the molecule is O=S(=O)(NCC[C@@H]1CCNC1)c1ccc(F)c(F)c1F. The molecule has 1 fully saturated rings. The van der Waals surface area contributed by atoms with Gasteiger partial charge in [0.2, 0.25) is 10.0 Å². The molecule has 0 amide bonds. The average Bonchev–Trinajstić information content (AvgIpc) is 2.88. The van der Waals surface area contributed by atoms with Crippen molar-refractivity contribution < 1.29 is 21.6 Å². The molecule has 1 heterocycles. The van der Waals surface area contributed by atoms with Gasteiger partial charge in [-0.15, -0.1) is 0 Å². The summed E-state index contributed by atoms with van der Waals surface area (Å²) >= 11 is 0. The van der Waals surface area contributed by atoms with E-state index < -0.39 is 32.4 Å². The van der Waals surface area contributed by atoms with Crippen LogP contribution in [0.15, 0.2) is 17.0 Å². The summed E-state index contributed by atoms with van der Waals surface area (Å²) < 4.78 is 65.1. The van der Waals surface area contributed by atoms with Crippen LogP contribution >= 0.6 is 0 Å². The molecule has 4 nitrogen and oxygen atoms in total. The minimum absolute atomic E-state index is 0.132. The first-order valence-electron chi connectivity index (χ1n) is 6.25. The maximum Gasteiger partial charge on any atom is 0.243 e. The van der Waals surface area contributed by atoms with Crippen LogP contribution in [0.4, 0.5) is 13.2 Å². The Labute approximate surface area is 115 Å². The van der Waals surface area contributed by atoms with E-state index in [1.807, 2.05) is 0 Å². The number of hydrogen-bond donors (Lipinski definition) is 2.